The Kier molecular flexibility index (Phi) is 10.2. The van der Waals surface area contributed by atoms with Crippen molar-refractivity contribution in [3.05, 3.63) is 168 Å². The number of aromatic nitrogens is 3. The van der Waals surface area contributed by atoms with Gasteiger partial charge in [-0.3, -0.25) is 4.98 Å². The van der Waals surface area contributed by atoms with Crippen molar-refractivity contribution in [2.24, 2.45) is 0 Å². The fourth-order valence-electron chi connectivity index (χ4n) is 7.52. The number of para-hydroxylation sites is 2. The Morgan fingerprint density at radius 1 is 0.712 bits per heavy atom. The van der Waals surface area contributed by atoms with Crippen LogP contribution < -0.4 is 4.40 Å². The molecule has 0 aliphatic carbocycles. The van der Waals surface area contributed by atoms with Crippen LogP contribution in [0, 0.1) is 25.8 Å². The molecule has 6 heteroatoms. The molecule has 0 fully saturated rings. The first-order valence-corrected chi connectivity index (χ1v) is 27.2. The number of imidazole rings is 1. The first-order chi connectivity index (χ1) is 30.3. The minimum atomic E-state index is -2.22. The Morgan fingerprint density at radius 3 is 2.07 bits per heavy atom. The maximum absolute atomic E-state index is 7.90. The van der Waals surface area contributed by atoms with E-state index in [1.807, 2.05) is 48.7 Å². The summed E-state index contributed by atoms with van der Waals surface area (Å²) >= 11 is -1.83. The van der Waals surface area contributed by atoms with Crippen molar-refractivity contribution in [2.75, 3.05) is 0 Å². The molecule has 0 unspecified atom stereocenters. The maximum Gasteiger partial charge on any atom is 0.121 e. The van der Waals surface area contributed by atoms with Gasteiger partial charge in [-0.15, -0.1) is 18.2 Å². The topological polar surface area (TPSA) is 43.9 Å². The van der Waals surface area contributed by atoms with Crippen LogP contribution in [0.5, 0.6) is 0 Å². The van der Waals surface area contributed by atoms with E-state index in [0.717, 1.165) is 50.1 Å². The Morgan fingerprint density at radius 2 is 1.42 bits per heavy atom. The van der Waals surface area contributed by atoms with E-state index < -0.39 is 27.0 Å². The SMILES string of the molecule is [2H]C([2H])([2H])c1c[c-]c(-c2cc[c]([Ge]([CH3])([CH3])[CH3])cn2)cc1.[2H]C([2H])([2H])c1ccc2c(c1)oc1c(-c3nc4ccccc4n3-c3c(C(C)C)cc(-c4ccccc4)cc3C(C)C)[c-]ccc12.[Ir]. The standard InChI is InChI=1S/C38H33N2O.C15H18GeN.Ir/c1-23(2)31-21-27(26-12-7-6-8-13-26)22-32(24(3)4)36(31)40-34-17-10-9-16-33(34)39-38(40)30-15-11-14-29-28-19-18-25(5)20-35(28)41-37(29)30;1-12-5-7-13(8-6-12)15-10-9-14(11-17-15)16(2,3)4;/h6-14,16-24H,1-5H3;5-7,9-11H,1-4H3;/q2*-1;/i5D3;1D3;. The molecule has 59 heavy (non-hydrogen) atoms. The molecule has 3 heterocycles. The number of hydrogen-bond donors (Lipinski definition) is 0. The molecule has 0 saturated carbocycles. The van der Waals surface area contributed by atoms with Crippen molar-refractivity contribution in [3.8, 4) is 39.5 Å². The van der Waals surface area contributed by atoms with Gasteiger partial charge in [-0.2, -0.15) is 0 Å². The first kappa shape index (κ1) is 34.8. The van der Waals surface area contributed by atoms with Gasteiger partial charge in [0, 0.05) is 35.3 Å². The van der Waals surface area contributed by atoms with Crippen LogP contribution in [0.2, 0.25) is 17.3 Å². The van der Waals surface area contributed by atoms with Crippen LogP contribution in [0.3, 0.4) is 0 Å². The molecule has 4 nitrogen and oxygen atoms in total. The zero-order valence-electron chi connectivity index (χ0n) is 40.4. The average molecular weight is 1020 g/mol. The smallest absolute Gasteiger partial charge is 0.121 e. The third-order valence-corrected chi connectivity index (χ3v) is 14.9. The van der Waals surface area contributed by atoms with E-state index in [0.29, 0.717) is 16.7 Å². The van der Waals surface area contributed by atoms with E-state index in [4.69, 9.17) is 17.6 Å². The molecular weight excluding hydrogens is 959 g/mol. The second-order valence-corrected chi connectivity index (χ2v) is 27.2. The Bertz CT molecular complexity index is 3030. The molecule has 6 aromatic carbocycles. The summed E-state index contributed by atoms with van der Waals surface area (Å²) in [5.74, 6) is 8.20. The minimum Gasteiger partial charge on any atom is -0.501 e. The summed E-state index contributed by atoms with van der Waals surface area (Å²) in [5.41, 5.74) is 12.0. The van der Waals surface area contributed by atoms with E-state index in [-0.39, 0.29) is 37.5 Å². The average Bonchev–Trinajstić information content (AvgIpc) is 3.84. The summed E-state index contributed by atoms with van der Waals surface area (Å²) in [7, 11) is 0. The number of nitrogens with zero attached hydrogens (tertiary/aromatic N) is 3. The van der Waals surface area contributed by atoms with Gasteiger partial charge in [-0.05, 0) is 76.8 Å². The normalized spacial score (nSPS) is 13.6. The van der Waals surface area contributed by atoms with Gasteiger partial charge in [-0.25, -0.2) is 0 Å². The Balaban J connectivity index is 0.000000253. The zero-order chi connectivity index (χ0) is 45.7. The van der Waals surface area contributed by atoms with Crippen LogP contribution in [0.15, 0.2) is 138 Å². The van der Waals surface area contributed by atoms with Crippen LogP contribution in [-0.2, 0) is 20.1 Å². The van der Waals surface area contributed by atoms with Gasteiger partial charge in [0.1, 0.15) is 5.58 Å². The van der Waals surface area contributed by atoms with E-state index >= 15 is 0 Å². The van der Waals surface area contributed by atoms with Gasteiger partial charge < -0.3 is 8.98 Å². The van der Waals surface area contributed by atoms with Crippen LogP contribution >= 0.6 is 0 Å². The maximum atomic E-state index is 7.90. The monoisotopic (exact) mass is 1020 g/mol. The van der Waals surface area contributed by atoms with E-state index in [9.17, 15) is 0 Å². The summed E-state index contributed by atoms with van der Waals surface area (Å²) in [6, 6.07) is 47.9. The summed E-state index contributed by atoms with van der Waals surface area (Å²) in [6.07, 6.45) is 1.95. The van der Waals surface area contributed by atoms with Gasteiger partial charge in [-0.1, -0.05) is 93.2 Å². The molecule has 299 valence electrons. The summed E-state index contributed by atoms with van der Waals surface area (Å²) < 4.78 is 55.8. The molecule has 1 radical (unpaired) electrons. The number of aryl methyl sites for hydroxylation is 2. The van der Waals surface area contributed by atoms with Crippen molar-refractivity contribution in [1.29, 1.82) is 0 Å². The van der Waals surface area contributed by atoms with E-state index in [2.05, 4.69) is 121 Å². The summed E-state index contributed by atoms with van der Waals surface area (Å²) in [4.78, 5) is 9.68. The number of hydrogen-bond acceptors (Lipinski definition) is 3. The van der Waals surface area contributed by atoms with Crippen molar-refractivity contribution in [1.82, 2.24) is 14.5 Å². The van der Waals surface area contributed by atoms with Crippen molar-refractivity contribution >= 4 is 50.6 Å². The molecule has 0 spiro atoms. The molecule has 0 N–H and O–H groups in total. The van der Waals surface area contributed by atoms with Gasteiger partial charge in [0.25, 0.3) is 0 Å². The third-order valence-electron chi connectivity index (χ3n) is 10.7. The summed E-state index contributed by atoms with van der Waals surface area (Å²) in [5, 5.41) is 1.76. The second-order valence-electron chi connectivity index (χ2n) is 16.5. The van der Waals surface area contributed by atoms with Crippen LogP contribution in [0.4, 0.5) is 0 Å². The molecule has 9 aromatic rings. The molecular formula is C53H51GeIrN3O-2. The van der Waals surface area contributed by atoms with Crippen molar-refractivity contribution < 1.29 is 32.7 Å². The zero-order valence-corrected chi connectivity index (χ0v) is 38.9. The second kappa shape index (κ2) is 17.3. The molecule has 0 aliphatic heterocycles. The summed E-state index contributed by atoms with van der Waals surface area (Å²) in [6.45, 7) is 4.67. The number of fused-ring (bicyclic) bond motifs is 4. The molecule has 0 bridgehead atoms. The van der Waals surface area contributed by atoms with Gasteiger partial charge in [0.2, 0.25) is 0 Å². The molecule has 0 aliphatic rings. The van der Waals surface area contributed by atoms with Gasteiger partial charge in [0.05, 0.1) is 22.4 Å². The van der Waals surface area contributed by atoms with Gasteiger partial charge >= 0.3 is 110 Å². The fraction of sp³-hybridized carbons (Fsp3) is 0.208. The third kappa shape index (κ3) is 8.52. The van der Waals surface area contributed by atoms with E-state index in [1.54, 1.807) is 24.3 Å². The quantitative estimate of drug-likeness (QED) is 0.118. The van der Waals surface area contributed by atoms with Crippen molar-refractivity contribution in [3.63, 3.8) is 0 Å². The van der Waals surface area contributed by atoms with Crippen LogP contribution in [-0.4, -0.2) is 27.8 Å². The number of benzene rings is 6. The van der Waals surface area contributed by atoms with Crippen LogP contribution in [0.25, 0.3) is 72.4 Å². The van der Waals surface area contributed by atoms with Crippen molar-refractivity contribution in [2.45, 2.75) is 70.5 Å². The first-order valence-electron chi connectivity index (χ1n) is 22.9. The van der Waals surface area contributed by atoms with E-state index in [1.165, 1.54) is 32.7 Å². The van der Waals surface area contributed by atoms with Gasteiger partial charge in [0.15, 0.2) is 0 Å². The molecule has 0 amide bonds. The number of pyridine rings is 1. The number of rotatable bonds is 7. The molecule has 0 saturated heterocycles. The minimum absolute atomic E-state index is 0. The van der Waals surface area contributed by atoms with Crippen LogP contribution in [0.1, 0.15) is 70.0 Å². The Labute approximate surface area is 373 Å². The molecule has 3 aromatic heterocycles. The largest absolute Gasteiger partial charge is 0.501 e. The fourth-order valence-corrected chi connectivity index (χ4v) is 9.70. The Hall–Kier alpha value is -5.07. The molecule has 9 rings (SSSR count). The predicted octanol–water partition coefficient (Wildman–Crippen LogP) is 14.0. The molecule has 0 atom stereocenters. The number of furan rings is 1. The predicted molar refractivity (Wildman–Crippen MR) is 247 cm³/mol.